The number of benzene rings is 1. The van der Waals surface area contributed by atoms with Crippen LogP contribution in [0.15, 0.2) is 36.4 Å². The van der Waals surface area contributed by atoms with Crippen LogP contribution in [0, 0.1) is 6.92 Å². The molecule has 112 valence electrons. The zero-order valence-electron chi connectivity index (χ0n) is 12.8. The summed E-state index contributed by atoms with van der Waals surface area (Å²) in [5, 5.41) is 0. The fourth-order valence-electron chi connectivity index (χ4n) is 2.22. The van der Waals surface area contributed by atoms with E-state index >= 15 is 0 Å². The fraction of sp³-hybridized carbons (Fsp3) is 0.353. The average molecular weight is 286 g/mol. The van der Waals surface area contributed by atoms with Crippen LogP contribution in [0.4, 0.5) is 0 Å². The number of aryl methyl sites for hydroxylation is 1. The number of hydrogen-bond donors (Lipinski definition) is 1. The first-order valence-electron chi connectivity index (χ1n) is 7.07. The molecule has 0 fully saturated rings. The van der Waals surface area contributed by atoms with E-state index in [1.807, 2.05) is 50.2 Å². The van der Waals surface area contributed by atoms with Gasteiger partial charge in [-0.15, -0.1) is 0 Å². The number of para-hydroxylation sites is 1. The number of nitrogens with zero attached hydrogens (tertiary/aromatic N) is 1. The van der Waals surface area contributed by atoms with Gasteiger partial charge in [0, 0.05) is 11.7 Å². The van der Waals surface area contributed by atoms with Crippen molar-refractivity contribution in [3.05, 3.63) is 53.3 Å². The summed E-state index contributed by atoms with van der Waals surface area (Å²) in [6.45, 7) is 4.35. The smallest absolute Gasteiger partial charge is 0.164 e. The van der Waals surface area contributed by atoms with Crippen LogP contribution in [0.5, 0.6) is 11.5 Å². The zero-order valence-corrected chi connectivity index (χ0v) is 12.8. The van der Waals surface area contributed by atoms with Gasteiger partial charge in [0.25, 0.3) is 0 Å². The Morgan fingerprint density at radius 3 is 2.62 bits per heavy atom. The van der Waals surface area contributed by atoms with Gasteiger partial charge in [-0.1, -0.05) is 18.2 Å². The molecule has 21 heavy (non-hydrogen) atoms. The van der Waals surface area contributed by atoms with Crippen molar-refractivity contribution in [1.82, 2.24) is 4.98 Å². The van der Waals surface area contributed by atoms with Crippen molar-refractivity contribution in [3.8, 4) is 11.5 Å². The Morgan fingerprint density at radius 2 is 1.95 bits per heavy atom. The van der Waals surface area contributed by atoms with Crippen molar-refractivity contribution < 1.29 is 9.47 Å². The maximum atomic E-state index is 5.96. The molecule has 1 aromatic carbocycles. The average Bonchev–Trinajstić information content (AvgIpc) is 2.45. The van der Waals surface area contributed by atoms with Crippen LogP contribution < -0.4 is 15.2 Å². The Bertz CT molecular complexity index is 597. The van der Waals surface area contributed by atoms with Crippen LogP contribution in [0.1, 0.15) is 23.9 Å². The molecule has 2 rings (SSSR count). The van der Waals surface area contributed by atoms with E-state index in [1.165, 1.54) is 0 Å². The molecule has 0 spiro atoms. The first-order chi connectivity index (χ1) is 10.1. The molecular formula is C17H22N2O2. The Hall–Kier alpha value is -2.07. The minimum Gasteiger partial charge on any atom is -0.493 e. The van der Waals surface area contributed by atoms with Crippen molar-refractivity contribution in [2.75, 3.05) is 7.11 Å². The monoisotopic (exact) mass is 286 g/mol. The lowest BCUT2D eigenvalue weighted by Gasteiger charge is -2.16. The molecule has 4 heteroatoms. The van der Waals surface area contributed by atoms with Crippen LogP contribution in [0.3, 0.4) is 0 Å². The van der Waals surface area contributed by atoms with Crippen molar-refractivity contribution in [2.45, 2.75) is 32.9 Å². The molecule has 2 N–H and O–H groups in total. The van der Waals surface area contributed by atoms with E-state index in [0.29, 0.717) is 6.61 Å². The second-order valence-corrected chi connectivity index (χ2v) is 5.19. The van der Waals surface area contributed by atoms with E-state index < -0.39 is 0 Å². The number of rotatable bonds is 6. The van der Waals surface area contributed by atoms with Crippen LogP contribution in [-0.4, -0.2) is 18.1 Å². The van der Waals surface area contributed by atoms with Crippen molar-refractivity contribution in [2.24, 2.45) is 5.73 Å². The molecule has 0 radical (unpaired) electrons. The highest BCUT2D eigenvalue weighted by Gasteiger charge is 2.12. The van der Waals surface area contributed by atoms with Crippen LogP contribution >= 0.6 is 0 Å². The minimum atomic E-state index is 0.0663. The third-order valence-electron chi connectivity index (χ3n) is 3.13. The number of aromatic nitrogens is 1. The van der Waals surface area contributed by atoms with Gasteiger partial charge < -0.3 is 15.2 Å². The maximum Gasteiger partial charge on any atom is 0.164 e. The van der Waals surface area contributed by atoms with Gasteiger partial charge in [-0.3, -0.25) is 4.98 Å². The molecule has 1 atom stereocenters. The van der Waals surface area contributed by atoms with E-state index in [0.717, 1.165) is 34.9 Å². The highest BCUT2D eigenvalue weighted by molar-refractivity contribution is 5.47. The lowest BCUT2D eigenvalue weighted by molar-refractivity contribution is 0.277. The molecule has 0 saturated heterocycles. The van der Waals surface area contributed by atoms with Gasteiger partial charge >= 0.3 is 0 Å². The molecule has 0 amide bonds. The predicted molar refractivity (Wildman–Crippen MR) is 83.7 cm³/mol. The van der Waals surface area contributed by atoms with E-state index in [2.05, 4.69) is 4.98 Å². The highest BCUT2D eigenvalue weighted by Crippen LogP contribution is 2.32. The van der Waals surface area contributed by atoms with Crippen molar-refractivity contribution in [1.29, 1.82) is 0 Å². The van der Waals surface area contributed by atoms with E-state index in [9.17, 15) is 0 Å². The Balaban J connectivity index is 2.21. The number of pyridine rings is 1. The number of hydrogen-bond acceptors (Lipinski definition) is 4. The van der Waals surface area contributed by atoms with Gasteiger partial charge in [-0.2, -0.15) is 0 Å². The Morgan fingerprint density at radius 1 is 1.19 bits per heavy atom. The topological polar surface area (TPSA) is 57.4 Å². The number of nitrogens with two attached hydrogens (primary N) is 1. The van der Waals surface area contributed by atoms with Crippen LogP contribution in [0.25, 0.3) is 0 Å². The summed E-state index contributed by atoms with van der Waals surface area (Å²) in [5.41, 5.74) is 8.83. The SMILES string of the molecule is COc1cccc(CC(C)N)c1OCc1cccc(C)n1. The summed E-state index contributed by atoms with van der Waals surface area (Å²) in [6.07, 6.45) is 0.744. The van der Waals surface area contributed by atoms with Gasteiger partial charge in [-0.05, 0) is 44.0 Å². The molecule has 0 bridgehead atoms. The summed E-state index contributed by atoms with van der Waals surface area (Å²) in [4.78, 5) is 4.44. The Labute approximate surface area is 125 Å². The standard InChI is InChI=1S/C17H22N2O2/c1-12(18)10-14-7-5-9-16(20-3)17(14)21-11-15-8-4-6-13(2)19-15/h4-9,12H,10-11,18H2,1-3H3. The van der Waals surface area contributed by atoms with Crippen LogP contribution in [-0.2, 0) is 13.0 Å². The van der Waals surface area contributed by atoms with Gasteiger partial charge in [0.15, 0.2) is 11.5 Å². The van der Waals surface area contributed by atoms with E-state index in [1.54, 1.807) is 7.11 Å². The van der Waals surface area contributed by atoms with E-state index in [4.69, 9.17) is 15.2 Å². The van der Waals surface area contributed by atoms with E-state index in [-0.39, 0.29) is 6.04 Å². The summed E-state index contributed by atoms with van der Waals surface area (Å²) >= 11 is 0. The summed E-state index contributed by atoms with van der Waals surface area (Å²) in [6, 6.07) is 11.8. The zero-order chi connectivity index (χ0) is 15.2. The molecule has 0 aliphatic carbocycles. The molecule has 0 aliphatic heterocycles. The van der Waals surface area contributed by atoms with Crippen LogP contribution in [0.2, 0.25) is 0 Å². The second kappa shape index (κ2) is 7.09. The normalized spacial score (nSPS) is 12.0. The van der Waals surface area contributed by atoms with Gasteiger partial charge in [0.05, 0.1) is 12.8 Å². The summed E-state index contributed by atoms with van der Waals surface area (Å²) < 4.78 is 11.4. The number of methoxy groups -OCH3 is 1. The minimum absolute atomic E-state index is 0.0663. The molecule has 0 aliphatic rings. The molecule has 1 unspecified atom stereocenters. The lowest BCUT2D eigenvalue weighted by Crippen LogP contribution is -2.18. The third kappa shape index (κ3) is 4.20. The molecule has 0 saturated carbocycles. The number of ether oxygens (including phenoxy) is 2. The first kappa shape index (κ1) is 15.3. The van der Waals surface area contributed by atoms with Gasteiger partial charge in [-0.25, -0.2) is 0 Å². The fourth-order valence-corrected chi connectivity index (χ4v) is 2.22. The molecule has 4 nitrogen and oxygen atoms in total. The van der Waals surface area contributed by atoms with Crippen molar-refractivity contribution in [3.63, 3.8) is 0 Å². The van der Waals surface area contributed by atoms with Gasteiger partial charge in [0.1, 0.15) is 6.61 Å². The molecular weight excluding hydrogens is 264 g/mol. The second-order valence-electron chi connectivity index (χ2n) is 5.19. The predicted octanol–water partition coefficient (Wildman–Crippen LogP) is 2.87. The molecule has 2 aromatic rings. The largest absolute Gasteiger partial charge is 0.493 e. The lowest BCUT2D eigenvalue weighted by atomic mass is 10.1. The maximum absolute atomic E-state index is 5.96. The van der Waals surface area contributed by atoms with Crippen molar-refractivity contribution >= 4 is 0 Å². The van der Waals surface area contributed by atoms with Gasteiger partial charge in [0.2, 0.25) is 0 Å². The molecule has 1 aromatic heterocycles. The summed E-state index contributed by atoms with van der Waals surface area (Å²) in [7, 11) is 1.64. The first-order valence-corrected chi connectivity index (χ1v) is 7.07. The quantitative estimate of drug-likeness (QED) is 0.887. The highest BCUT2D eigenvalue weighted by atomic mass is 16.5. The third-order valence-corrected chi connectivity index (χ3v) is 3.13. The molecule has 1 heterocycles. The Kier molecular flexibility index (Phi) is 5.17. The summed E-state index contributed by atoms with van der Waals surface area (Å²) in [5.74, 6) is 1.47.